The van der Waals surface area contributed by atoms with E-state index in [4.69, 9.17) is 4.74 Å². The van der Waals surface area contributed by atoms with Gasteiger partial charge in [0.25, 0.3) is 0 Å². The van der Waals surface area contributed by atoms with Crippen molar-refractivity contribution in [2.75, 3.05) is 6.61 Å². The van der Waals surface area contributed by atoms with Crippen LogP contribution in [0, 0.1) is 0 Å². The van der Waals surface area contributed by atoms with Crippen LogP contribution in [0.5, 0.6) is 0 Å². The van der Waals surface area contributed by atoms with Gasteiger partial charge in [-0.05, 0) is 25.5 Å². The number of allylic oxidation sites excluding steroid dienone is 5. The normalized spacial score (nSPS) is 13.7. The number of hydrogen-bond acceptors (Lipinski definition) is 1. The summed E-state index contributed by atoms with van der Waals surface area (Å²) in [6.45, 7) is 8.19. The van der Waals surface area contributed by atoms with Gasteiger partial charge in [0.1, 0.15) is 20.2 Å². The van der Waals surface area contributed by atoms with Crippen LogP contribution in [0.2, 0.25) is 0 Å². The Morgan fingerprint density at radius 2 is 2.07 bits per heavy atom. The third kappa shape index (κ3) is 6.61. The Labute approximate surface area is 93.9 Å². The molecule has 0 aliphatic heterocycles. The van der Waals surface area contributed by atoms with E-state index >= 15 is 0 Å². The standard InChI is InChI=1S/C13H19BO/c1-4-7-9-12(6-3)11-15-13(10-14)8-5-2/h4-10H,1,11,14H2,2-3H3/b8-5-,9-7-,12-6+,13-10+. The minimum atomic E-state index is 0.588. The fourth-order valence-corrected chi connectivity index (χ4v) is 0.978. The van der Waals surface area contributed by atoms with Gasteiger partial charge in [0, 0.05) is 0 Å². The summed E-state index contributed by atoms with van der Waals surface area (Å²) in [4.78, 5) is 0. The SMILES string of the molecule is B/C=C(\C=C/C)OCC(/C=C\C=C)=C/C. The first-order valence-electron chi connectivity index (χ1n) is 5.14. The maximum Gasteiger partial charge on any atom is 0.134 e. The highest BCUT2D eigenvalue weighted by atomic mass is 16.5. The Kier molecular flexibility index (Phi) is 8.26. The summed E-state index contributed by atoms with van der Waals surface area (Å²) in [6.07, 6.45) is 11.6. The Balaban J connectivity index is 4.23. The molecule has 0 aromatic carbocycles. The van der Waals surface area contributed by atoms with E-state index in [1.54, 1.807) is 6.08 Å². The molecule has 0 aromatic heterocycles. The van der Waals surface area contributed by atoms with E-state index in [0.717, 1.165) is 11.3 Å². The van der Waals surface area contributed by atoms with E-state index in [9.17, 15) is 0 Å². The van der Waals surface area contributed by atoms with Crippen molar-refractivity contribution in [3.63, 3.8) is 0 Å². The predicted octanol–water partition coefficient (Wildman–Crippen LogP) is 2.74. The highest BCUT2D eigenvalue weighted by Crippen LogP contribution is 2.04. The van der Waals surface area contributed by atoms with E-state index in [1.807, 2.05) is 58.0 Å². The number of rotatable bonds is 6. The lowest BCUT2D eigenvalue weighted by Gasteiger charge is -2.06. The van der Waals surface area contributed by atoms with Gasteiger partial charge in [-0.25, -0.2) is 0 Å². The van der Waals surface area contributed by atoms with Crippen molar-refractivity contribution in [1.29, 1.82) is 0 Å². The van der Waals surface area contributed by atoms with Crippen molar-refractivity contribution in [2.24, 2.45) is 0 Å². The topological polar surface area (TPSA) is 9.23 Å². The molecule has 0 N–H and O–H groups in total. The fraction of sp³-hybridized carbons (Fsp3) is 0.231. The molecular weight excluding hydrogens is 183 g/mol. The number of ether oxygens (including phenoxy) is 1. The second-order valence-corrected chi connectivity index (χ2v) is 2.94. The molecule has 0 rings (SSSR count). The van der Waals surface area contributed by atoms with Crippen LogP contribution in [0.4, 0.5) is 0 Å². The molecule has 0 heterocycles. The molecule has 0 aliphatic carbocycles. The average molecular weight is 202 g/mol. The first-order chi connectivity index (χ1) is 7.28. The molecule has 0 aliphatic rings. The summed E-state index contributed by atoms with van der Waals surface area (Å²) in [7, 11) is 1.96. The summed E-state index contributed by atoms with van der Waals surface area (Å²) in [5.41, 5.74) is 1.14. The molecule has 1 nitrogen and oxygen atoms in total. The zero-order chi connectivity index (χ0) is 11.5. The lowest BCUT2D eigenvalue weighted by Crippen LogP contribution is -1.95. The molecule has 2 heteroatoms. The van der Waals surface area contributed by atoms with Crippen LogP contribution in [0.1, 0.15) is 13.8 Å². The molecule has 0 spiro atoms. The van der Waals surface area contributed by atoms with Crippen molar-refractivity contribution in [2.45, 2.75) is 13.8 Å². The Morgan fingerprint density at radius 3 is 2.53 bits per heavy atom. The molecule has 0 radical (unpaired) electrons. The summed E-state index contributed by atoms with van der Waals surface area (Å²) in [5, 5.41) is 0. The molecule has 0 unspecified atom stereocenters. The van der Waals surface area contributed by atoms with E-state index in [-0.39, 0.29) is 0 Å². The maximum absolute atomic E-state index is 5.60. The maximum atomic E-state index is 5.60. The molecule has 0 saturated carbocycles. The van der Waals surface area contributed by atoms with Gasteiger partial charge in [-0.1, -0.05) is 42.9 Å². The van der Waals surface area contributed by atoms with Crippen molar-refractivity contribution < 1.29 is 4.74 Å². The average Bonchev–Trinajstić information content (AvgIpc) is 2.27. The molecule has 80 valence electrons. The molecule has 15 heavy (non-hydrogen) atoms. The van der Waals surface area contributed by atoms with Crippen LogP contribution in [-0.2, 0) is 4.74 Å². The first-order valence-corrected chi connectivity index (χ1v) is 5.14. The highest BCUT2D eigenvalue weighted by molar-refractivity contribution is 6.17. The van der Waals surface area contributed by atoms with Gasteiger partial charge in [-0.3, -0.25) is 0 Å². The molecule has 0 atom stereocenters. The quantitative estimate of drug-likeness (QED) is 0.365. The molecular formula is C13H19BO. The minimum absolute atomic E-state index is 0.588. The van der Waals surface area contributed by atoms with Gasteiger partial charge >= 0.3 is 0 Å². The smallest absolute Gasteiger partial charge is 0.134 e. The van der Waals surface area contributed by atoms with Crippen LogP contribution in [-0.4, -0.2) is 14.5 Å². The zero-order valence-corrected chi connectivity index (χ0v) is 9.86. The predicted molar refractivity (Wildman–Crippen MR) is 70.5 cm³/mol. The van der Waals surface area contributed by atoms with Crippen LogP contribution >= 0.6 is 0 Å². The largest absolute Gasteiger partial charge is 0.490 e. The second kappa shape index (κ2) is 9.13. The molecule has 0 aromatic rings. The molecule has 0 bridgehead atoms. The summed E-state index contributed by atoms with van der Waals surface area (Å²) in [5.74, 6) is 2.84. The van der Waals surface area contributed by atoms with Crippen LogP contribution in [0.25, 0.3) is 0 Å². The monoisotopic (exact) mass is 202 g/mol. The van der Waals surface area contributed by atoms with Gasteiger partial charge in [-0.15, -0.1) is 0 Å². The van der Waals surface area contributed by atoms with Crippen molar-refractivity contribution in [3.8, 4) is 0 Å². The summed E-state index contributed by atoms with van der Waals surface area (Å²) < 4.78 is 5.60. The lowest BCUT2D eigenvalue weighted by atomic mass is 10.1. The Hall–Kier alpha value is -1.44. The first kappa shape index (κ1) is 13.6. The Bertz CT molecular complexity index is 296. The van der Waals surface area contributed by atoms with E-state index < -0.39 is 0 Å². The van der Waals surface area contributed by atoms with Crippen molar-refractivity contribution >= 4 is 7.85 Å². The zero-order valence-electron chi connectivity index (χ0n) is 9.86. The van der Waals surface area contributed by atoms with Crippen molar-refractivity contribution in [1.82, 2.24) is 0 Å². The summed E-state index contributed by atoms with van der Waals surface area (Å²) >= 11 is 0. The van der Waals surface area contributed by atoms with Gasteiger partial charge in [0.15, 0.2) is 0 Å². The molecule has 0 fully saturated rings. The lowest BCUT2D eigenvalue weighted by molar-refractivity contribution is 0.256. The van der Waals surface area contributed by atoms with Crippen molar-refractivity contribution in [3.05, 3.63) is 60.3 Å². The van der Waals surface area contributed by atoms with Gasteiger partial charge in [-0.2, -0.15) is 0 Å². The third-order valence-corrected chi connectivity index (χ3v) is 1.84. The van der Waals surface area contributed by atoms with E-state index in [2.05, 4.69) is 6.58 Å². The Morgan fingerprint density at radius 1 is 1.33 bits per heavy atom. The third-order valence-electron chi connectivity index (χ3n) is 1.84. The highest BCUT2D eigenvalue weighted by Gasteiger charge is 1.93. The fourth-order valence-electron chi connectivity index (χ4n) is 0.978. The minimum Gasteiger partial charge on any atom is -0.490 e. The summed E-state index contributed by atoms with van der Waals surface area (Å²) in [6, 6.07) is 0. The van der Waals surface area contributed by atoms with Crippen LogP contribution in [0.15, 0.2) is 60.3 Å². The second-order valence-electron chi connectivity index (χ2n) is 2.94. The van der Waals surface area contributed by atoms with E-state index in [0.29, 0.717) is 6.61 Å². The van der Waals surface area contributed by atoms with Crippen LogP contribution < -0.4 is 0 Å². The van der Waals surface area contributed by atoms with Gasteiger partial charge < -0.3 is 4.74 Å². The van der Waals surface area contributed by atoms with Gasteiger partial charge in [0.05, 0.1) is 0 Å². The number of hydrogen-bond donors (Lipinski definition) is 0. The van der Waals surface area contributed by atoms with Gasteiger partial charge in [0.2, 0.25) is 0 Å². The van der Waals surface area contributed by atoms with E-state index in [1.165, 1.54) is 0 Å². The van der Waals surface area contributed by atoms with Crippen LogP contribution in [0.3, 0.4) is 0 Å². The molecule has 0 saturated heterocycles. The molecule has 0 amide bonds.